The molecule has 0 saturated carbocycles. The first-order valence-corrected chi connectivity index (χ1v) is 8.87. The molecular weight excluding hydrogens is 447 g/mol. The molecule has 8 heteroatoms. The minimum atomic E-state index is 0. The Kier molecular flexibility index (Phi) is 8.73. The Labute approximate surface area is 172 Å². The maximum Gasteiger partial charge on any atom is 0.191 e. The standard InChI is InChI=1S/C18H28N4O3.HI/c1-23-16-5-4-14(12-17(16)24-2)15(22-8-10-25-11-9-22)13-21-18-19-6-3-7-20-18;/h4-5,12,15H,3,6-11,13H2,1-2H3,(H2,19,20,21);1H. The lowest BCUT2D eigenvalue weighted by Crippen LogP contribution is -2.47. The number of methoxy groups -OCH3 is 2. The lowest BCUT2D eigenvalue weighted by Gasteiger charge is -2.35. The molecule has 0 bridgehead atoms. The van der Waals surface area contributed by atoms with Gasteiger partial charge in [-0.1, -0.05) is 6.07 Å². The number of guanidine groups is 1. The van der Waals surface area contributed by atoms with Gasteiger partial charge in [0.25, 0.3) is 0 Å². The first-order valence-electron chi connectivity index (χ1n) is 8.87. The Morgan fingerprint density at radius 1 is 1.23 bits per heavy atom. The second kappa shape index (κ2) is 10.8. The molecule has 0 radical (unpaired) electrons. The predicted octanol–water partition coefficient (Wildman–Crippen LogP) is 1.63. The molecule has 1 atom stereocenters. The monoisotopic (exact) mass is 476 g/mol. The molecule has 146 valence electrons. The van der Waals surface area contributed by atoms with Gasteiger partial charge in [0.15, 0.2) is 17.5 Å². The number of nitrogens with zero attached hydrogens (tertiary/aromatic N) is 2. The number of halogens is 1. The lowest BCUT2D eigenvalue weighted by molar-refractivity contribution is 0.0169. The highest BCUT2D eigenvalue weighted by atomic mass is 127. The first-order chi connectivity index (χ1) is 12.3. The summed E-state index contributed by atoms with van der Waals surface area (Å²) in [5.74, 6) is 2.40. The number of aliphatic imine (C=N–C) groups is 1. The van der Waals surface area contributed by atoms with Gasteiger partial charge in [-0.2, -0.15) is 0 Å². The van der Waals surface area contributed by atoms with Crippen molar-refractivity contribution in [3.05, 3.63) is 23.8 Å². The fourth-order valence-corrected chi connectivity index (χ4v) is 3.25. The van der Waals surface area contributed by atoms with Crippen LogP contribution in [0.4, 0.5) is 0 Å². The van der Waals surface area contributed by atoms with Gasteiger partial charge in [-0.15, -0.1) is 24.0 Å². The van der Waals surface area contributed by atoms with Crippen molar-refractivity contribution >= 4 is 29.9 Å². The fraction of sp³-hybridized carbons (Fsp3) is 0.611. The first kappa shape index (κ1) is 21.0. The van der Waals surface area contributed by atoms with Crippen molar-refractivity contribution in [3.63, 3.8) is 0 Å². The number of hydrogen-bond acceptors (Lipinski definition) is 7. The second-order valence-corrected chi connectivity index (χ2v) is 6.17. The molecule has 2 aliphatic heterocycles. The summed E-state index contributed by atoms with van der Waals surface area (Å²) < 4.78 is 16.4. The zero-order valence-electron chi connectivity index (χ0n) is 15.5. The van der Waals surface area contributed by atoms with Crippen LogP contribution in [0, 0.1) is 0 Å². The molecule has 3 rings (SSSR count). The molecule has 1 aromatic carbocycles. The summed E-state index contributed by atoms with van der Waals surface area (Å²) in [5.41, 5.74) is 1.20. The van der Waals surface area contributed by atoms with Gasteiger partial charge in [-0.05, 0) is 24.1 Å². The third-order valence-corrected chi connectivity index (χ3v) is 4.64. The van der Waals surface area contributed by atoms with Crippen molar-refractivity contribution in [3.8, 4) is 11.5 Å². The molecular formula is C18H29IN4O3. The Morgan fingerprint density at radius 2 is 2.00 bits per heavy atom. The average molecular weight is 476 g/mol. The third-order valence-electron chi connectivity index (χ3n) is 4.64. The van der Waals surface area contributed by atoms with Gasteiger partial charge in [0.2, 0.25) is 0 Å². The molecule has 2 heterocycles. The van der Waals surface area contributed by atoms with Gasteiger partial charge in [0.1, 0.15) is 0 Å². The molecule has 1 unspecified atom stereocenters. The SMILES string of the molecule is COc1ccc(C(CNC2=NCCCN2)N2CCOCC2)cc1OC.I. The maximum absolute atomic E-state index is 5.52. The molecule has 2 aliphatic rings. The minimum absolute atomic E-state index is 0. The average Bonchev–Trinajstić information content (AvgIpc) is 2.69. The number of ether oxygens (including phenoxy) is 3. The summed E-state index contributed by atoms with van der Waals surface area (Å²) in [4.78, 5) is 6.95. The summed E-state index contributed by atoms with van der Waals surface area (Å²) in [6.07, 6.45) is 1.09. The fourth-order valence-electron chi connectivity index (χ4n) is 3.25. The highest BCUT2D eigenvalue weighted by molar-refractivity contribution is 14.0. The molecule has 0 aromatic heterocycles. The Hall–Kier alpha value is -1.26. The predicted molar refractivity (Wildman–Crippen MR) is 113 cm³/mol. The molecule has 2 N–H and O–H groups in total. The maximum atomic E-state index is 5.52. The van der Waals surface area contributed by atoms with E-state index >= 15 is 0 Å². The van der Waals surface area contributed by atoms with Gasteiger partial charge in [-0.3, -0.25) is 9.89 Å². The molecule has 7 nitrogen and oxygen atoms in total. The highest BCUT2D eigenvalue weighted by Gasteiger charge is 2.24. The van der Waals surface area contributed by atoms with E-state index in [1.807, 2.05) is 6.07 Å². The zero-order chi connectivity index (χ0) is 17.5. The van der Waals surface area contributed by atoms with Crippen molar-refractivity contribution in [1.29, 1.82) is 0 Å². The normalized spacial score (nSPS) is 18.8. The summed E-state index contributed by atoms with van der Waals surface area (Å²) in [5, 5.41) is 6.79. The zero-order valence-corrected chi connectivity index (χ0v) is 17.8. The highest BCUT2D eigenvalue weighted by Crippen LogP contribution is 2.32. The summed E-state index contributed by atoms with van der Waals surface area (Å²) >= 11 is 0. The second-order valence-electron chi connectivity index (χ2n) is 6.17. The van der Waals surface area contributed by atoms with E-state index in [0.29, 0.717) is 0 Å². The molecule has 0 amide bonds. The summed E-state index contributed by atoms with van der Waals surface area (Å²) in [6, 6.07) is 6.36. The minimum Gasteiger partial charge on any atom is -0.493 e. The van der Waals surface area contributed by atoms with E-state index in [0.717, 1.165) is 69.8 Å². The van der Waals surface area contributed by atoms with Crippen LogP contribution in [0.5, 0.6) is 11.5 Å². The van der Waals surface area contributed by atoms with E-state index < -0.39 is 0 Å². The number of benzene rings is 1. The Balaban J connectivity index is 0.00000243. The van der Waals surface area contributed by atoms with E-state index in [1.54, 1.807) is 14.2 Å². The largest absolute Gasteiger partial charge is 0.493 e. The quantitative estimate of drug-likeness (QED) is 0.609. The molecule has 1 saturated heterocycles. The smallest absolute Gasteiger partial charge is 0.191 e. The van der Waals surface area contributed by atoms with Crippen LogP contribution in [0.15, 0.2) is 23.2 Å². The van der Waals surface area contributed by atoms with Gasteiger partial charge >= 0.3 is 0 Å². The summed E-state index contributed by atoms with van der Waals surface area (Å²) in [7, 11) is 3.33. The Morgan fingerprint density at radius 3 is 2.65 bits per heavy atom. The van der Waals surface area contributed by atoms with Crippen LogP contribution >= 0.6 is 24.0 Å². The third kappa shape index (κ3) is 5.37. The molecule has 0 aliphatic carbocycles. The van der Waals surface area contributed by atoms with Gasteiger partial charge in [0, 0.05) is 32.7 Å². The van der Waals surface area contributed by atoms with E-state index in [4.69, 9.17) is 14.2 Å². The molecule has 26 heavy (non-hydrogen) atoms. The topological polar surface area (TPSA) is 67.4 Å². The van der Waals surface area contributed by atoms with Crippen molar-refractivity contribution in [1.82, 2.24) is 15.5 Å². The van der Waals surface area contributed by atoms with Crippen LogP contribution in [0.2, 0.25) is 0 Å². The number of morpholine rings is 1. The van der Waals surface area contributed by atoms with Crippen LogP contribution in [0.3, 0.4) is 0 Å². The number of nitrogens with one attached hydrogen (secondary N) is 2. The van der Waals surface area contributed by atoms with Crippen LogP contribution in [0.25, 0.3) is 0 Å². The van der Waals surface area contributed by atoms with Crippen molar-refractivity contribution < 1.29 is 14.2 Å². The lowest BCUT2D eigenvalue weighted by atomic mass is 10.0. The van der Waals surface area contributed by atoms with Crippen LogP contribution in [0.1, 0.15) is 18.0 Å². The van der Waals surface area contributed by atoms with Gasteiger partial charge in [0.05, 0.1) is 33.5 Å². The van der Waals surface area contributed by atoms with E-state index in [-0.39, 0.29) is 30.0 Å². The van der Waals surface area contributed by atoms with E-state index in [1.165, 1.54) is 5.56 Å². The van der Waals surface area contributed by atoms with Gasteiger partial charge in [-0.25, -0.2) is 0 Å². The van der Waals surface area contributed by atoms with Crippen LogP contribution in [-0.4, -0.2) is 71.0 Å². The summed E-state index contributed by atoms with van der Waals surface area (Å²) in [6.45, 7) is 6.01. The van der Waals surface area contributed by atoms with Crippen LogP contribution in [-0.2, 0) is 4.74 Å². The van der Waals surface area contributed by atoms with E-state index in [2.05, 4.69) is 32.7 Å². The van der Waals surface area contributed by atoms with Crippen molar-refractivity contribution in [2.24, 2.45) is 4.99 Å². The molecule has 1 aromatic rings. The molecule has 1 fully saturated rings. The van der Waals surface area contributed by atoms with Gasteiger partial charge < -0.3 is 24.8 Å². The number of hydrogen-bond donors (Lipinski definition) is 2. The molecule has 0 spiro atoms. The Bertz CT molecular complexity index is 594. The number of rotatable bonds is 6. The van der Waals surface area contributed by atoms with Crippen LogP contribution < -0.4 is 20.1 Å². The van der Waals surface area contributed by atoms with Crippen molar-refractivity contribution in [2.45, 2.75) is 12.5 Å². The van der Waals surface area contributed by atoms with E-state index in [9.17, 15) is 0 Å². The van der Waals surface area contributed by atoms with Crippen molar-refractivity contribution in [2.75, 3.05) is 60.2 Å².